The van der Waals surface area contributed by atoms with E-state index in [1.165, 1.54) is 135 Å². The van der Waals surface area contributed by atoms with Gasteiger partial charge in [0.1, 0.15) is 0 Å². The molecule has 3 aliphatic rings. The van der Waals surface area contributed by atoms with E-state index in [0.29, 0.717) is 0 Å². The van der Waals surface area contributed by atoms with Gasteiger partial charge in [0.2, 0.25) is 7.28 Å². The molecule has 2 aliphatic carbocycles. The van der Waals surface area contributed by atoms with Gasteiger partial charge in [-0.1, -0.05) is 159 Å². The summed E-state index contributed by atoms with van der Waals surface area (Å²) in [4.78, 5) is 2.70. The lowest BCUT2D eigenvalue weighted by atomic mass is 9.61. The molecule has 0 saturated heterocycles. The van der Waals surface area contributed by atoms with Crippen molar-refractivity contribution in [2.24, 2.45) is 0 Å². The maximum absolute atomic E-state index is 3.97. The Morgan fingerprint density at radius 3 is 1.62 bits per heavy atom. The molecule has 1 N–H and O–H groups in total. The summed E-state index contributed by atoms with van der Waals surface area (Å²) in [6, 6.07) is 59.5. The monoisotopic (exact) mass is 913 g/mol. The molecule has 8 aromatic carbocycles. The Balaban J connectivity index is 1.14. The minimum absolute atomic E-state index is 0.0499. The maximum Gasteiger partial charge on any atom is 0.211 e. The highest BCUT2D eigenvalue weighted by Crippen LogP contribution is 2.54. The zero-order valence-corrected chi connectivity index (χ0v) is 42.6. The zero-order chi connectivity index (χ0) is 47.6. The lowest BCUT2D eigenvalue weighted by Crippen LogP contribution is -2.40. The minimum Gasteiger partial charge on any atom is -0.355 e. The lowest BCUT2D eigenvalue weighted by molar-refractivity contribution is 0.332. The SMILES string of the molecule is Cc1cc2c(cc1N1c3cc(-c4ccccc4)cc(-c4cc5ccccc5cc4Nc4ccc(-c5ccccc5)cc4)c3[B]c3sc4cc5c(cc4c31)C(C)(C)CCC5(C)C)C(C)(C)CCC2(C)C. The fraction of sp³-hybridized carbons (Fsp3) is 0.262. The van der Waals surface area contributed by atoms with Crippen molar-refractivity contribution in [3.63, 3.8) is 0 Å². The van der Waals surface area contributed by atoms with Gasteiger partial charge in [0.15, 0.2) is 0 Å². The standard InChI is InChI=1S/C65H62BN2S/c1-40-32-51-53(64(6,7)30-28-62(51,2)3)38-56(40)68-57-36-46(42-20-14-11-15-21-42)34-49(59(57)66-61-60(68)50-37-52-54(39-58(50)69-61)65(8,9)31-29-63(52,4)5)48-33-44-22-16-17-23-45(44)35-55(48)67-47-26-24-43(25-27-47)41-18-12-10-13-19-41/h10-27,32-39,67H,28-31H2,1-9H3. The van der Waals surface area contributed by atoms with E-state index >= 15 is 0 Å². The fourth-order valence-corrected chi connectivity index (χ4v) is 13.2. The van der Waals surface area contributed by atoms with Crippen LogP contribution in [-0.4, -0.2) is 7.28 Å². The third kappa shape index (κ3) is 7.36. The Hall–Kier alpha value is -6.36. The normalized spacial score (nSPS) is 17.1. The van der Waals surface area contributed by atoms with Crippen molar-refractivity contribution in [2.45, 2.75) is 110 Å². The van der Waals surface area contributed by atoms with Crippen LogP contribution >= 0.6 is 11.3 Å². The van der Waals surface area contributed by atoms with Crippen molar-refractivity contribution in [2.75, 3.05) is 10.2 Å². The summed E-state index contributed by atoms with van der Waals surface area (Å²) in [5.41, 5.74) is 22.1. The summed E-state index contributed by atoms with van der Waals surface area (Å²) in [6.45, 7) is 22.0. The highest BCUT2D eigenvalue weighted by Gasteiger charge is 2.42. The number of thiophene rings is 1. The van der Waals surface area contributed by atoms with E-state index in [4.69, 9.17) is 0 Å². The van der Waals surface area contributed by atoms with Crippen molar-refractivity contribution in [1.29, 1.82) is 0 Å². The first-order chi connectivity index (χ1) is 33.0. The van der Waals surface area contributed by atoms with E-state index < -0.39 is 0 Å². The van der Waals surface area contributed by atoms with Crippen molar-refractivity contribution < 1.29 is 0 Å². The van der Waals surface area contributed by atoms with Gasteiger partial charge in [-0.3, -0.25) is 0 Å². The number of aryl methyl sites for hydroxylation is 1. The molecule has 12 rings (SSSR count). The van der Waals surface area contributed by atoms with Gasteiger partial charge in [-0.25, -0.2) is 0 Å². The Bertz CT molecular complexity index is 3500. The predicted molar refractivity (Wildman–Crippen MR) is 300 cm³/mol. The molecular formula is C65H62BN2S. The second kappa shape index (κ2) is 15.8. The molecule has 0 amide bonds. The second-order valence-electron chi connectivity index (χ2n) is 23.0. The molecular weight excluding hydrogens is 852 g/mol. The lowest BCUT2D eigenvalue weighted by Gasteiger charge is -2.44. The summed E-state index contributed by atoms with van der Waals surface area (Å²) in [6.07, 6.45) is 4.73. The van der Waals surface area contributed by atoms with Crippen LogP contribution in [0, 0.1) is 6.92 Å². The number of nitrogens with zero attached hydrogens (tertiary/aromatic N) is 1. The van der Waals surface area contributed by atoms with Crippen LogP contribution in [0.2, 0.25) is 0 Å². The predicted octanol–water partition coefficient (Wildman–Crippen LogP) is 17.2. The van der Waals surface area contributed by atoms with E-state index in [-0.39, 0.29) is 21.7 Å². The summed E-state index contributed by atoms with van der Waals surface area (Å²) in [5, 5.41) is 7.76. The van der Waals surface area contributed by atoms with Gasteiger partial charge in [-0.2, -0.15) is 0 Å². The number of benzene rings is 8. The Morgan fingerprint density at radius 2 is 1.00 bits per heavy atom. The molecule has 9 aromatic rings. The molecule has 0 spiro atoms. The third-order valence-corrected chi connectivity index (χ3v) is 17.6. The summed E-state index contributed by atoms with van der Waals surface area (Å²) >= 11 is 1.97. The molecule has 2 nitrogen and oxygen atoms in total. The molecule has 0 unspecified atom stereocenters. The Kier molecular flexibility index (Phi) is 10.1. The topological polar surface area (TPSA) is 15.3 Å². The number of anilines is 5. The van der Waals surface area contributed by atoms with Crippen LogP contribution in [0.15, 0.2) is 158 Å². The van der Waals surface area contributed by atoms with Crippen LogP contribution in [0.5, 0.6) is 0 Å². The van der Waals surface area contributed by atoms with E-state index in [9.17, 15) is 0 Å². The summed E-state index contributed by atoms with van der Waals surface area (Å²) < 4.78 is 2.68. The van der Waals surface area contributed by atoms with Gasteiger partial charge in [0.25, 0.3) is 0 Å². The van der Waals surface area contributed by atoms with Gasteiger partial charge < -0.3 is 10.2 Å². The highest BCUT2D eigenvalue weighted by atomic mass is 32.1. The van der Waals surface area contributed by atoms with Crippen molar-refractivity contribution in [3.8, 4) is 33.4 Å². The molecule has 0 fully saturated rings. The van der Waals surface area contributed by atoms with Crippen molar-refractivity contribution in [1.82, 2.24) is 0 Å². The van der Waals surface area contributed by atoms with Gasteiger partial charge >= 0.3 is 0 Å². The second-order valence-corrected chi connectivity index (χ2v) is 24.1. The first-order valence-corrected chi connectivity index (χ1v) is 26.0. The van der Waals surface area contributed by atoms with E-state index in [1.807, 2.05) is 11.3 Å². The van der Waals surface area contributed by atoms with Crippen LogP contribution in [-0.2, 0) is 21.7 Å². The molecule has 69 heavy (non-hydrogen) atoms. The number of nitrogens with one attached hydrogen (secondary N) is 1. The van der Waals surface area contributed by atoms with E-state index in [2.05, 4.69) is 238 Å². The third-order valence-electron chi connectivity index (χ3n) is 16.5. The minimum atomic E-state index is 0.0499. The van der Waals surface area contributed by atoms with E-state index in [0.717, 1.165) is 11.4 Å². The van der Waals surface area contributed by atoms with Crippen LogP contribution in [0.1, 0.15) is 109 Å². The van der Waals surface area contributed by atoms with Crippen LogP contribution in [0.25, 0.3) is 54.2 Å². The number of hydrogen-bond donors (Lipinski definition) is 1. The number of fused-ring (bicyclic) bond motifs is 7. The summed E-state index contributed by atoms with van der Waals surface area (Å²) in [7, 11) is 2.54. The first-order valence-electron chi connectivity index (χ1n) is 25.2. The average molecular weight is 914 g/mol. The van der Waals surface area contributed by atoms with Crippen LogP contribution < -0.4 is 20.5 Å². The largest absolute Gasteiger partial charge is 0.355 e. The number of hydrogen-bond acceptors (Lipinski definition) is 3. The molecule has 1 aromatic heterocycles. The molecule has 1 aliphatic heterocycles. The van der Waals surface area contributed by atoms with Gasteiger partial charge in [-0.05, 0) is 186 Å². The van der Waals surface area contributed by atoms with Crippen LogP contribution in [0.3, 0.4) is 0 Å². The van der Waals surface area contributed by atoms with Crippen molar-refractivity contribution >= 4 is 78.2 Å². The Morgan fingerprint density at radius 1 is 0.478 bits per heavy atom. The Labute approximate surface area is 414 Å². The average Bonchev–Trinajstić information content (AvgIpc) is 3.71. The van der Waals surface area contributed by atoms with E-state index in [1.54, 1.807) is 0 Å². The molecule has 341 valence electrons. The molecule has 2 heterocycles. The first kappa shape index (κ1) is 43.9. The molecule has 4 heteroatoms. The quantitative estimate of drug-likeness (QED) is 0.167. The van der Waals surface area contributed by atoms with Gasteiger partial charge in [0, 0.05) is 38.4 Å². The fourth-order valence-electron chi connectivity index (χ4n) is 12.0. The van der Waals surface area contributed by atoms with Gasteiger partial charge in [0.05, 0.1) is 5.69 Å². The molecule has 0 atom stereocenters. The van der Waals surface area contributed by atoms with Crippen LogP contribution in [0.4, 0.5) is 28.4 Å². The highest BCUT2D eigenvalue weighted by molar-refractivity contribution is 7.29. The van der Waals surface area contributed by atoms with Crippen molar-refractivity contribution in [3.05, 3.63) is 186 Å². The van der Waals surface area contributed by atoms with Gasteiger partial charge in [-0.15, -0.1) is 11.3 Å². The summed E-state index contributed by atoms with van der Waals surface area (Å²) in [5.74, 6) is 0. The maximum atomic E-state index is 3.97. The molecule has 0 bridgehead atoms. The smallest absolute Gasteiger partial charge is 0.211 e. The number of rotatable bonds is 6. The molecule has 1 radical (unpaired) electrons. The zero-order valence-electron chi connectivity index (χ0n) is 41.8. The molecule has 0 saturated carbocycles.